The lowest BCUT2D eigenvalue weighted by atomic mass is 10.1. The van der Waals surface area contributed by atoms with Gasteiger partial charge in [-0.25, -0.2) is 13.1 Å². The lowest BCUT2D eigenvalue weighted by Gasteiger charge is -2.14. The van der Waals surface area contributed by atoms with Gasteiger partial charge in [0.15, 0.2) is 0 Å². The Kier molecular flexibility index (Phi) is 5.06. The summed E-state index contributed by atoms with van der Waals surface area (Å²) in [4.78, 5) is 2.76. The van der Waals surface area contributed by atoms with Gasteiger partial charge in [0.05, 0.1) is 11.1 Å². The minimum atomic E-state index is -4.59. The van der Waals surface area contributed by atoms with Gasteiger partial charge in [-0.2, -0.15) is 13.2 Å². The van der Waals surface area contributed by atoms with Gasteiger partial charge in [0, 0.05) is 24.9 Å². The third-order valence-electron chi connectivity index (χ3n) is 4.10. The highest BCUT2D eigenvalue weighted by molar-refractivity contribution is 7.89. The van der Waals surface area contributed by atoms with Gasteiger partial charge in [-0.05, 0) is 25.5 Å². The predicted octanol–water partition coefficient (Wildman–Crippen LogP) is 3.49. The van der Waals surface area contributed by atoms with Crippen molar-refractivity contribution in [3.05, 3.63) is 52.7 Å². The average Bonchev–Trinajstić information content (AvgIpc) is 3.15. The molecule has 0 atom stereocenters. The van der Waals surface area contributed by atoms with Gasteiger partial charge in [-0.1, -0.05) is 18.2 Å². The Bertz CT molecular complexity index is 1120. The zero-order chi connectivity index (χ0) is 20.7. The summed E-state index contributed by atoms with van der Waals surface area (Å²) in [5.74, 6) is 0.263. The Balaban J connectivity index is 1.98. The number of sulfonamides is 1. The van der Waals surface area contributed by atoms with Crippen molar-refractivity contribution >= 4 is 10.0 Å². The van der Waals surface area contributed by atoms with Crippen LogP contribution in [0.2, 0.25) is 0 Å². The van der Waals surface area contributed by atoms with Crippen LogP contribution in [-0.4, -0.2) is 23.6 Å². The number of alkyl halides is 3. The first-order valence-corrected chi connectivity index (χ1v) is 9.63. The molecule has 0 aliphatic heterocycles. The predicted molar refractivity (Wildman–Crippen MR) is 93.8 cm³/mol. The molecular weight excluding hydrogens is 397 g/mol. The van der Waals surface area contributed by atoms with Gasteiger partial charge < -0.3 is 9.40 Å². The second-order valence-corrected chi connectivity index (χ2v) is 7.89. The van der Waals surface area contributed by atoms with Crippen molar-refractivity contribution in [1.29, 1.82) is 0 Å². The fraction of sp³-hybridized carbons (Fsp3) is 0.294. The smallest absolute Gasteiger partial charge is 0.416 e. The highest BCUT2D eigenvalue weighted by Crippen LogP contribution is 2.34. The molecule has 2 aromatic heterocycles. The molecule has 0 amide bonds. The normalized spacial score (nSPS) is 12.5. The zero-order valence-electron chi connectivity index (χ0n) is 15.2. The highest BCUT2D eigenvalue weighted by atomic mass is 32.2. The summed E-state index contributed by atoms with van der Waals surface area (Å²) < 4.78 is 72.8. The number of nitrogens with zero attached hydrogens (tertiary/aromatic N) is 2. The third-order valence-corrected chi connectivity index (χ3v) is 5.67. The second kappa shape index (κ2) is 7.06. The molecule has 1 aromatic carbocycles. The number of nitrogens with one attached hydrogen (secondary N) is 2. The minimum absolute atomic E-state index is 0.00965. The molecule has 2 N–H and O–H groups in total. The molecule has 0 aliphatic carbocycles. The molecule has 0 saturated carbocycles. The first-order chi connectivity index (χ1) is 13.0. The summed E-state index contributed by atoms with van der Waals surface area (Å²) in [6, 6.07) is 4.79. The Morgan fingerprint density at radius 1 is 1.11 bits per heavy atom. The van der Waals surface area contributed by atoms with Crippen molar-refractivity contribution in [3.63, 3.8) is 0 Å². The van der Waals surface area contributed by atoms with Gasteiger partial charge in [0.2, 0.25) is 15.9 Å². The molecule has 2 heterocycles. The SMILES string of the molecule is Cc1nnc(-c2c(C)[nH]c(C)c2S(=O)(=O)NCc2ccccc2C(F)(F)F)o1. The number of H-pyrrole nitrogens is 1. The van der Waals surface area contributed by atoms with Crippen molar-refractivity contribution < 1.29 is 26.0 Å². The van der Waals surface area contributed by atoms with Crippen LogP contribution in [0.5, 0.6) is 0 Å². The van der Waals surface area contributed by atoms with E-state index in [-0.39, 0.29) is 27.8 Å². The molecule has 150 valence electrons. The first-order valence-electron chi connectivity index (χ1n) is 8.15. The topological polar surface area (TPSA) is 101 Å². The Labute approximate surface area is 159 Å². The Morgan fingerprint density at radius 3 is 2.39 bits per heavy atom. The van der Waals surface area contributed by atoms with Crippen molar-refractivity contribution in [3.8, 4) is 11.5 Å². The molecule has 3 aromatic rings. The number of hydrogen-bond donors (Lipinski definition) is 2. The van der Waals surface area contributed by atoms with Crippen molar-refractivity contribution in [2.45, 2.75) is 38.4 Å². The molecule has 0 radical (unpaired) electrons. The third kappa shape index (κ3) is 3.80. The maximum Gasteiger partial charge on any atom is 0.416 e. The van der Waals surface area contributed by atoms with Gasteiger partial charge in [0.25, 0.3) is 5.89 Å². The van der Waals surface area contributed by atoms with E-state index >= 15 is 0 Å². The standard InChI is InChI=1S/C17H17F3N4O3S/c1-9-14(16-24-23-11(3)27-16)15(10(2)22-9)28(25,26)21-8-12-6-4-5-7-13(12)17(18,19)20/h4-7,21-22H,8H2,1-3H3. The van der Waals surface area contributed by atoms with E-state index in [1.54, 1.807) is 13.8 Å². The van der Waals surface area contributed by atoms with E-state index in [2.05, 4.69) is 19.9 Å². The van der Waals surface area contributed by atoms with Crippen LogP contribution >= 0.6 is 0 Å². The lowest BCUT2D eigenvalue weighted by Crippen LogP contribution is -2.25. The number of rotatable bonds is 5. The molecule has 0 unspecified atom stereocenters. The average molecular weight is 414 g/mol. The summed E-state index contributed by atoms with van der Waals surface area (Å²) in [6.07, 6.45) is -4.59. The molecular formula is C17H17F3N4O3S. The monoisotopic (exact) mass is 414 g/mol. The van der Waals surface area contributed by atoms with E-state index in [0.29, 0.717) is 11.4 Å². The molecule has 7 nitrogen and oxygen atoms in total. The molecule has 28 heavy (non-hydrogen) atoms. The summed E-state index contributed by atoms with van der Waals surface area (Å²) in [7, 11) is -4.18. The second-order valence-electron chi connectivity index (χ2n) is 6.18. The van der Waals surface area contributed by atoms with Crippen LogP contribution in [0.1, 0.15) is 28.4 Å². The van der Waals surface area contributed by atoms with Crippen LogP contribution in [0.25, 0.3) is 11.5 Å². The van der Waals surface area contributed by atoms with Crippen LogP contribution in [-0.2, 0) is 22.7 Å². The number of aromatic amines is 1. The van der Waals surface area contributed by atoms with E-state index < -0.39 is 28.3 Å². The number of aromatic nitrogens is 3. The number of benzene rings is 1. The summed E-state index contributed by atoms with van der Waals surface area (Å²) in [5.41, 5.74) is -0.0991. The van der Waals surface area contributed by atoms with Crippen LogP contribution in [0, 0.1) is 20.8 Å². The number of halogens is 3. The Morgan fingerprint density at radius 2 is 1.79 bits per heavy atom. The van der Waals surface area contributed by atoms with Gasteiger partial charge >= 0.3 is 6.18 Å². The summed E-state index contributed by atoms with van der Waals surface area (Å²) in [5, 5.41) is 7.55. The highest BCUT2D eigenvalue weighted by Gasteiger charge is 2.34. The lowest BCUT2D eigenvalue weighted by molar-refractivity contribution is -0.138. The van der Waals surface area contributed by atoms with Gasteiger partial charge in [-0.15, -0.1) is 10.2 Å². The van der Waals surface area contributed by atoms with Crippen LogP contribution in [0.4, 0.5) is 13.2 Å². The molecule has 0 bridgehead atoms. The maximum absolute atomic E-state index is 13.1. The first kappa shape index (κ1) is 20.1. The van der Waals surface area contributed by atoms with Crippen molar-refractivity contribution in [2.24, 2.45) is 0 Å². The summed E-state index contributed by atoms with van der Waals surface area (Å²) >= 11 is 0. The van der Waals surface area contributed by atoms with Gasteiger partial charge in [0.1, 0.15) is 4.90 Å². The Hall–Kier alpha value is -2.66. The van der Waals surface area contributed by atoms with E-state index in [1.807, 2.05) is 0 Å². The fourth-order valence-electron chi connectivity index (χ4n) is 2.95. The van der Waals surface area contributed by atoms with E-state index in [4.69, 9.17) is 4.42 Å². The van der Waals surface area contributed by atoms with Crippen LogP contribution in [0.15, 0.2) is 33.6 Å². The molecule has 0 fully saturated rings. The van der Waals surface area contributed by atoms with Crippen molar-refractivity contribution in [2.75, 3.05) is 0 Å². The molecule has 11 heteroatoms. The molecule has 0 spiro atoms. The maximum atomic E-state index is 13.1. The zero-order valence-corrected chi connectivity index (χ0v) is 16.0. The summed E-state index contributed by atoms with van der Waals surface area (Å²) in [6.45, 7) is 4.22. The van der Waals surface area contributed by atoms with E-state index in [1.165, 1.54) is 25.1 Å². The van der Waals surface area contributed by atoms with Crippen LogP contribution in [0.3, 0.4) is 0 Å². The fourth-order valence-corrected chi connectivity index (χ4v) is 4.40. The van der Waals surface area contributed by atoms with Crippen LogP contribution < -0.4 is 4.72 Å². The van der Waals surface area contributed by atoms with Crippen molar-refractivity contribution in [1.82, 2.24) is 19.9 Å². The molecule has 0 saturated heterocycles. The number of hydrogen-bond acceptors (Lipinski definition) is 5. The van der Waals surface area contributed by atoms with E-state index in [0.717, 1.165) is 6.07 Å². The molecule has 3 rings (SSSR count). The minimum Gasteiger partial charge on any atom is -0.421 e. The van der Waals surface area contributed by atoms with E-state index in [9.17, 15) is 21.6 Å². The molecule has 0 aliphatic rings. The largest absolute Gasteiger partial charge is 0.421 e. The quantitative estimate of drug-likeness (QED) is 0.666. The number of aryl methyl sites for hydroxylation is 3. The van der Waals surface area contributed by atoms with Gasteiger partial charge in [-0.3, -0.25) is 0 Å².